The van der Waals surface area contributed by atoms with Gasteiger partial charge >= 0.3 is 0 Å². The lowest BCUT2D eigenvalue weighted by molar-refractivity contribution is -0.145. The standard InChI is InChI=1S/C10H10FNO2/c1-14-9-8(12-10(9)13)6-2-4-7(11)5-3-6/h2-5,8-9H,1H3,(H,12,13)/t8-,9+/m0/s1. The van der Waals surface area contributed by atoms with Gasteiger partial charge in [0, 0.05) is 7.11 Å². The van der Waals surface area contributed by atoms with Crippen LogP contribution in [0.5, 0.6) is 0 Å². The lowest BCUT2D eigenvalue weighted by atomic mass is 9.94. The molecule has 2 rings (SSSR count). The van der Waals surface area contributed by atoms with E-state index in [4.69, 9.17) is 4.74 Å². The molecule has 1 heterocycles. The van der Waals surface area contributed by atoms with Crippen molar-refractivity contribution >= 4 is 5.91 Å². The minimum Gasteiger partial charge on any atom is -0.369 e. The van der Waals surface area contributed by atoms with Crippen molar-refractivity contribution in [3.8, 4) is 0 Å². The summed E-state index contributed by atoms with van der Waals surface area (Å²) < 4.78 is 17.6. The minimum atomic E-state index is -0.444. The van der Waals surface area contributed by atoms with E-state index in [9.17, 15) is 9.18 Å². The van der Waals surface area contributed by atoms with E-state index in [0.717, 1.165) is 5.56 Å². The SMILES string of the molecule is CO[C@H]1C(=O)N[C@H]1c1ccc(F)cc1. The van der Waals surface area contributed by atoms with Crippen LogP contribution in [0.25, 0.3) is 0 Å². The maximum absolute atomic E-state index is 12.6. The van der Waals surface area contributed by atoms with E-state index in [1.54, 1.807) is 12.1 Å². The fraction of sp³-hybridized carbons (Fsp3) is 0.300. The molecule has 1 aliphatic heterocycles. The van der Waals surface area contributed by atoms with Crippen LogP contribution in [0.3, 0.4) is 0 Å². The van der Waals surface area contributed by atoms with E-state index in [0.29, 0.717) is 0 Å². The molecule has 2 atom stereocenters. The number of ether oxygens (including phenoxy) is 1. The molecule has 3 nitrogen and oxygen atoms in total. The molecule has 0 unspecified atom stereocenters. The van der Waals surface area contributed by atoms with Gasteiger partial charge in [-0.15, -0.1) is 0 Å². The second-order valence-electron chi connectivity index (χ2n) is 3.19. The summed E-state index contributed by atoms with van der Waals surface area (Å²) in [7, 11) is 1.49. The zero-order valence-corrected chi connectivity index (χ0v) is 7.66. The second-order valence-corrected chi connectivity index (χ2v) is 3.19. The third kappa shape index (κ3) is 1.37. The fourth-order valence-corrected chi connectivity index (χ4v) is 1.54. The largest absolute Gasteiger partial charge is 0.369 e. The van der Waals surface area contributed by atoms with E-state index in [1.165, 1.54) is 19.2 Å². The average molecular weight is 195 g/mol. The summed E-state index contributed by atoms with van der Waals surface area (Å²) >= 11 is 0. The molecule has 1 aliphatic rings. The van der Waals surface area contributed by atoms with Crippen molar-refractivity contribution in [3.63, 3.8) is 0 Å². The molecule has 14 heavy (non-hydrogen) atoms. The number of hydrogen-bond donors (Lipinski definition) is 1. The molecule has 1 aromatic carbocycles. The number of halogens is 1. The summed E-state index contributed by atoms with van der Waals surface area (Å²) in [6, 6.07) is 5.88. The first kappa shape index (κ1) is 9.15. The highest BCUT2D eigenvalue weighted by atomic mass is 19.1. The predicted octanol–water partition coefficient (Wildman–Crippen LogP) is 1.01. The van der Waals surface area contributed by atoms with Crippen LogP contribution in [0.1, 0.15) is 11.6 Å². The van der Waals surface area contributed by atoms with Gasteiger partial charge in [0.1, 0.15) is 5.82 Å². The molecule has 1 saturated heterocycles. The van der Waals surface area contributed by atoms with Crippen molar-refractivity contribution in [3.05, 3.63) is 35.6 Å². The first-order chi connectivity index (χ1) is 6.72. The Bertz CT molecular complexity index is 350. The number of benzene rings is 1. The highest BCUT2D eigenvalue weighted by Gasteiger charge is 2.40. The van der Waals surface area contributed by atoms with Crippen molar-refractivity contribution in [2.24, 2.45) is 0 Å². The molecule has 0 spiro atoms. The minimum absolute atomic E-state index is 0.123. The average Bonchev–Trinajstić information content (AvgIpc) is 2.16. The summed E-state index contributed by atoms with van der Waals surface area (Å²) in [5.41, 5.74) is 0.859. The van der Waals surface area contributed by atoms with E-state index >= 15 is 0 Å². The molecule has 0 aliphatic carbocycles. The van der Waals surface area contributed by atoms with Gasteiger partial charge in [0.2, 0.25) is 0 Å². The Hall–Kier alpha value is -1.42. The number of β-lactam (4-membered cyclic amide) rings is 1. The predicted molar refractivity (Wildman–Crippen MR) is 48.1 cm³/mol. The molecule has 1 fully saturated rings. The van der Waals surface area contributed by atoms with Crippen LogP contribution in [0.4, 0.5) is 4.39 Å². The van der Waals surface area contributed by atoms with Crippen molar-refractivity contribution in [2.45, 2.75) is 12.1 Å². The smallest absolute Gasteiger partial charge is 0.252 e. The summed E-state index contributed by atoms with van der Waals surface area (Å²) in [6.45, 7) is 0. The number of carbonyl (C=O) groups is 1. The molecular weight excluding hydrogens is 185 g/mol. The summed E-state index contributed by atoms with van der Waals surface area (Å²) in [5, 5.41) is 2.69. The number of amides is 1. The Labute approximate surface area is 80.9 Å². The maximum Gasteiger partial charge on any atom is 0.252 e. The number of hydrogen-bond acceptors (Lipinski definition) is 2. The molecule has 0 radical (unpaired) electrons. The molecule has 1 amide bonds. The lowest BCUT2D eigenvalue weighted by Crippen LogP contribution is -2.56. The van der Waals surface area contributed by atoms with Crippen LogP contribution in [0.2, 0.25) is 0 Å². The zero-order chi connectivity index (χ0) is 10.1. The highest BCUT2D eigenvalue weighted by molar-refractivity contribution is 5.88. The first-order valence-corrected chi connectivity index (χ1v) is 4.31. The van der Waals surface area contributed by atoms with Crippen LogP contribution in [-0.2, 0) is 9.53 Å². The van der Waals surface area contributed by atoms with Gasteiger partial charge < -0.3 is 10.1 Å². The molecular formula is C10H10FNO2. The van der Waals surface area contributed by atoms with Gasteiger partial charge in [-0.2, -0.15) is 0 Å². The van der Waals surface area contributed by atoms with Crippen LogP contribution in [0.15, 0.2) is 24.3 Å². The summed E-state index contributed by atoms with van der Waals surface area (Å²) in [4.78, 5) is 11.0. The number of methoxy groups -OCH3 is 1. The second kappa shape index (κ2) is 3.38. The van der Waals surface area contributed by atoms with E-state index in [-0.39, 0.29) is 17.8 Å². The molecule has 1 aromatic rings. The summed E-state index contributed by atoms with van der Waals surface area (Å²) in [6.07, 6.45) is -0.444. The van der Waals surface area contributed by atoms with Crippen molar-refractivity contribution in [1.82, 2.24) is 5.32 Å². The zero-order valence-electron chi connectivity index (χ0n) is 7.66. The van der Waals surface area contributed by atoms with Crippen molar-refractivity contribution in [1.29, 1.82) is 0 Å². The van der Waals surface area contributed by atoms with Crippen LogP contribution in [0, 0.1) is 5.82 Å². The first-order valence-electron chi connectivity index (χ1n) is 4.31. The summed E-state index contributed by atoms with van der Waals surface area (Å²) in [5.74, 6) is -0.407. The number of rotatable bonds is 2. The van der Waals surface area contributed by atoms with Gasteiger partial charge in [-0.1, -0.05) is 12.1 Å². The Morgan fingerprint density at radius 3 is 2.50 bits per heavy atom. The quantitative estimate of drug-likeness (QED) is 0.715. The van der Waals surface area contributed by atoms with E-state index in [2.05, 4.69) is 5.32 Å². The van der Waals surface area contributed by atoms with E-state index < -0.39 is 6.10 Å². The van der Waals surface area contributed by atoms with Gasteiger partial charge in [0.05, 0.1) is 6.04 Å². The van der Waals surface area contributed by atoms with Crippen LogP contribution in [-0.4, -0.2) is 19.1 Å². The molecule has 0 bridgehead atoms. The lowest BCUT2D eigenvalue weighted by Gasteiger charge is -2.35. The highest BCUT2D eigenvalue weighted by Crippen LogP contribution is 2.26. The molecule has 0 aromatic heterocycles. The van der Waals surface area contributed by atoms with Gasteiger partial charge in [-0.05, 0) is 17.7 Å². The molecule has 0 saturated carbocycles. The van der Waals surface area contributed by atoms with Gasteiger partial charge in [0.25, 0.3) is 5.91 Å². The normalized spacial score (nSPS) is 25.4. The Kier molecular flexibility index (Phi) is 2.21. The molecule has 1 N–H and O–H groups in total. The number of nitrogens with one attached hydrogen (secondary N) is 1. The maximum atomic E-state index is 12.6. The number of carbonyl (C=O) groups excluding carboxylic acids is 1. The third-order valence-electron chi connectivity index (χ3n) is 2.34. The van der Waals surface area contributed by atoms with Crippen LogP contribution < -0.4 is 5.32 Å². The fourth-order valence-electron chi connectivity index (χ4n) is 1.54. The topological polar surface area (TPSA) is 38.3 Å². The van der Waals surface area contributed by atoms with Crippen LogP contribution >= 0.6 is 0 Å². The van der Waals surface area contributed by atoms with Gasteiger partial charge in [-0.3, -0.25) is 4.79 Å². The third-order valence-corrected chi connectivity index (χ3v) is 2.34. The Morgan fingerprint density at radius 2 is 2.00 bits per heavy atom. The van der Waals surface area contributed by atoms with Crippen molar-refractivity contribution in [2.75, 3.05) is 7.11 Å². The van der Waals surface area contributed by atoms with Crippen molar-refractivity contribution < 1.29 is 13.9 Å². The monoisotopic (exact) mass is 195 g/mol. The Morgan fingerprint density at radius 1 is 1.36 bits per heavy atom. The van der Waals surface area contributed by atoms with Gasteiger partial charge in [-0.25, -0.2) is 4.39 Å². The van der Waals surface area contributed by atoms with Gasteiger partial charge in [0.15, 0.2) is 6.10 Å². The van der Waals surface area contributed by atoms with E-state index in [1.807, 2.05) is 0 Å². The molecule has 74 valence electrons. The Balaban J connectivity index is 2.17. The molecule has 4 heteroatoms.